The van der Waals surface area contributed by atoms with Crippen molar-refractivity contribution in [1.82, 2.24) is 5.32 Å². The first-order chi connectivity index (χ1) is 10.2. The molecule has 0 aliphatic carbocycles. The van der Waals surface area contributed by atoms with Gasteiger partial charge in [-0.15, -0.1) is 0 Å². The molecule has 0 aliphatic heterocycles. The molecule has 21 heavy (non-hydrogen) atoms. The van der Waals surface area contributed by atoms with Gasteiger partial charge in [-0.25, -0.2) is 0 Å². The summed E-state index contributed by atoms with van der Waals surface area (Å²) in [5, 5.41) is 6.24. The Balaban J connectivity index is 1.93. The Hall–Kier alpha value is -2.29. The van der Waals surface area contributed by atoms with Gasteiger partial charge in [0.1, 0.15) is 0 Å². The topological polar surface area (TPSA) is 41.1 Å². The second kappa shape index (κ2) is 7.48. The zero-order chi connectivity index (χ0) is 15.1. The number of carbonyl (C=O) groups is 1. The molecule has 110 valence electrons. The normalized spacial score (nSPS) is 10.2. The Bertz CT molecular complexity index is 593. The van der Waals surface area contributed by atoms with Crippen LogP contribution in [0.5, 0.6) is 0 Å². The van der Waals surface area contributed by atoms with Gasteiger partial charge in [0, 0.05) is 24.3 Å². The number of hydrogen-bond donors (Lipinski definition) is 2. The fraction of sp³-hybridized carbons (Fsp3) is 0.278. The van der Waals surface area contributed by atoms with Crippen LogP contribution in [0.4, 0.5) is 5.69 Å². The summed E-state index contributed by atoms with van der Waals surface area (Å²) in [7, 11) is 0. The quantitative estimate of drug-likeness (QED) is 0.852. The summed E-state index contributed by atoms with van der Waals surface area (Å²) in [6, 6.07) is 16.2. The number of amides is 1. The van der Waals surface area contributed by atoms with Crippen LogP contribution in [-0.2, 0) is 6.42 Å². The number of aryl methyl sites for hydroxylation is 1. The number of hydrogen-bond acceptors (Lipinski definition) is 2. The maximum Gasteiger partial charge on any atom is 0.251 e. The number of benzene rings is 2. The summed E-state index contributed by atoms with van der Waals surface area (Å²) in [5.74, 6) is -0.0172. The van der Waals surface area contributed by atoms with Gasteiger partial charge in [-0.1, -0.05) is 30.3 Å². The van der Waals surface area contributed by atoms with E-state index in [4.69, 9.17) is 0 Å². The fourth-order valence-electron chi connectivity index (χ4n) is 2.25. The first kappa shape index (κ1) is 15.1. The standard InChI is InChI=1S/C18H22N2O/c1-3-19-18(21)16-9-10-17(14(2)13-16)20-12-11-15-7-5-4-6-8-15/h4-10,13,20H,3,11-12H2,1-2H3,(H,19,21). The highest BCUT2D eigenvalue weighted by atomic mass is 16.1. The van der Waals surface area contributed by atoms with Crippen molar-refractivity contribution in [3.63, 3.8) is 0 Å². The SMILES string of the molecule is CCNC(=O)c1ccc(NCCc2ccccc2)c(C)c1. The smallest absolute Gasteiger partial charge is 0.251 e. The van der Waals surface area contributed by atoms with Crippen LogP contribution in [0.1, 0.15) is 28.4 Å². The van der Waals surface area contributed by atoms with Crippen LogP contribution in [-0.4, -0.2) is 19.0 Å². The van der Waals surface area contributed by atoms with Crippen molar-refractivity contribution in [2.75, 3.05) is 18.4 Å². The van der Waals surface area contributed by atoms with Gasteiger partial charge in [0.15, 0.2) is 0 Å². The average Bonchev–Trinajstić information content (AvgIpc) is 2.50. The van der Waals surface area contributed by atoms with Crippen molar-refractivity contribution in [2.24, 2.45) is 0 Å². The largest absolute Gasteiger partial charge is 0.384 e. The van der Waals surface area contributed by atoms with E-state index in [-0.39, 0.29) is 5.91 Å². The Morgan fingerprint density at radius 1 is 1.10 bits per heavy atom. The lowest BCUT2D eigenvalue weighted by atomic mass is 10.1. The average molecular weight is 282 g/mol. The summed E-state index contributed by atoms with van der Waals surface area (Å²) >= 11 is 0. The van der Waals surface area contributed by atoms with E-state index in [9.17, 15) is 4.79 Å². The minimum absolute atomic E-state index is 0.0172. The van der Waals surface area contributed by atoms with Crippen molar-refractivity contribution in [3.05, 3.63) is 65.2 Å². The highest BCUT2D eigenvalue weighted by Crippen LogP contribution is 2.16. The van der Waals surface area contributed by atoms with E-state index in [2.05, 4.69) is 34.9 Å². The molecule has 0 saturated carbocycles. The van der Waals surface area contributed by atoms with Crippen LogP contribution in [0.2, 0.25) is 0 Å². The van der Waals surface area contributed by atoms with Gasteiger partial charge < -0.3 is 10.6 Å². The molecule has 1 amide bonds. The van der Waals surface area contributed by atoms with Crippen LogP contribution in [0.25, 0.3) is 0 Å². The summed E-state index contributed by atoms with van der Waals surface area (Å²) in [5.41, 5.74) is 4.20. The molecule has 2 rings (SSSR count). The van der Waals surface area contributed by atoms with Crippen LogP contribution in [0.3, 0.4) is 0 Å². The maximum absolute atomic E-state index is 11.8. The molecule has 0 radical (unpaired) electrons. The molecule has 2 aromatic carbocycles. The molecule has 3 nitrogen and oxygen atoms in total. The van der Waals surface area contributed by atoms with Gasteiger partial charge in [0.05, 0.1) is 0 Å². The second-order valence-corrected chi connectivity index (χ2v) is 5.05. The van der Waals surface area contributed by atoms with E-state index in [1.54, 1.807) is 0 Å². The zero-order valence-corrected chi connectivity index (χ0v) is 12.6. The summed E-state index contributed by atoms with van der Waals surface area (Å²) in [4.78, 5) is 11.8. The molecule has 3 heteroatoms. The lowest BCUT2D eigenvalue weighted by Crippen LogP contribution is -2.22. The Morgan fingerprint density at radius 3 is 2.52 bits per heavy atom. The maximum atomic E-state index is 11.8. The van der Waals surface area contributed by atoms with Gasteiger partial charge in [0.25, 0.3) is 5.91 Å². The number of rotatable bonds is 6. The lowest BCUT2D eigenvalue weighted by molar-refractivity contribution is 0.0956. The summed E-state index contributed by atoms with van der Waals surface area (Å²) in [6.07, 6.45) is 0.984. The first-order valence-electron chi connectivity index (χ1n) is 7.37. The van der Waals surface area contributed by atoms with Crippen molar-refractivity contribution >= 4 is 11.6 Å². The van der Waals surface area contributed by atoms with Crippen LogP contribution < -0.4 is 10.6 Å². The Kier molecular flexibility index (Phi) is 5.38. The third-order valence-electron chi connectivity index (χ3n) is 3.40. The minimum Gasteiger partial charge on any atom is -0.384 e. The van der Waals surface area contributed by atoms with E-state index >= 15 is 0 Å². The van der Waals surface area contributed by atoms with E-state index in [1.807, 2.05) is 38.1 Å². The molecule has 0 aliphatic rings. The van der Waals surface area contributed by atoms with Gasteiger partial charge >= 0.3 is 0 Å². The Labute approximate surface area is 126 Å². The lowest BCUT2D eigenvalue weighted by Gasteiger charge is -2.11. The predicted molar refractivity (Wildman–Crippen MR) is 87.8 cm³/mol. The summed E-state index contributed by atoms with van der Waals surface area (Å²) in [6.45, 7) is 5.47. The van der Waals surface area contributed by atoms with Crippen molar-refractivity contribution in [3.8, 4) is 0 Å². The van der Waals surface area contributed by atoms with Crippen LogP contribution >= 0.6 is 0 Å². The molecule has 0 saturated heterocycles. The van der Waals surface area contributed by atoms with E-state index in [0.717, 1.165) is 24.2 Å². The number of carbonyl (C=O) groups excluding carboxylic acids is 1. The monoisotopic (exact) mass is 282 g/mol. The molecule has 0 spiro atoms. The first-order valence-corrected chi connectivity index (χ1v) is 7.37. The second-order valence-electron chi connectivity index (χ2n) is 5.05. The van der Waals surface area contributed by atoms with Crippen molar-refractivity contribution in [1.29, 1.82) is 0 Å². The number of nitrogens with one attached hydrogen (secondary N) is 2. The highest BCUT2D eigenvalue weighted by Gasteiger charge is 2.06. The molecule has 0 fully saturated rings. The summed E-state index contributed by atoms with van der Waals surface area (Å²) < 4.78 is 0. The van der Waals surface area contributed by atoms with E-state index < -0.39 is 0 Å². The minimum atomic E-state index is -0.0172. The molecular weight excluding hydrogens is 260 g/mol. The van der Waals surface area contributed by atoms with Gasteiger partial charge in [0.2, 0.25) is 0 Å². The fourth-order valence-corrected chi connectivity index (χ4v) is 2.25. The van der Waals surface area contributed by atoms with Crippen molar-refractivity contribution < 1.29 is 4.79 Å². The zero-order valence-electron chi connectivity index (χ0n) is 12.6. The van der Waals surface area contributed by atoms with Gasteiger partial charge in [-0.2, -0.15) is 0 Å². The van der Waals surface area contributed by atoms with Crippen LogP contribution in [0.15, 0.2) is 48.5 Å². The predicted octanol–water partition coefficient (Wildman–Crippen LogP) is 3.40. The number of anilines is 1. The Morgan fingerprint density at radius 2 is 1.86 bits per heavy atom. The van der Waals surface area contributed by atoms with Crippen molar-refractivity contribution in [2.45, 2.75) is 20.3 Å². The van der Waals surface area contributed by atoms with Gasteiger partial charge in [-0.3, -0.25) is 4.79 Å². The molecule has 2 aromatic rings. The van der Waals surface area contributed by atoms with E-state index in [1.165, 1.54) is 5.56 Å². The van der Waals surface area contributed by atoms with E-state index in [0.29, 0.717) is 12.1 Å². The molecule has 0 heterocycles. The molecule has 2 N–H and O–H groups in total. The molecule has 0 atom stereocenters. The third kappa shape index (κ3) is 4.35. The molecule has 0 bridgehead atoms. The van der Waals surface area contributed by atoms with Crippen LogP contribution in [0, 0.1) is 6.92 Å². The molecule has 0 unspecified atom stereocenters. The van der Waals surface area contributed by atoms with Gasteiger partial charge in [-0.05, 0) is 49.6 Å². The molecular formula is C18H22N2O. The molecule has 0 aromatic heterocycles. The third-order valence-corrected chi connectivity index (χ3v) is 3.40. The highest BCUT2D eigenvalue weighted by molar-refractivity contribution is 5.94.